The van der Waals surface area contributed by atoms with Gasteiger partial charge in [-0.2, -0.15) is 13.2 Å². The van der Waals surface area contributed by atoms with Crippen LogP contribution >= 0.6 is 24.0 Å². The van der Waals surface area contributed by atoms with E-state index in [9.17, 15) is 18.3 Å². The Morgan fingerprint density at radius 1 is 1.28 bits per heavy atom. The third-order valence-corrected chi connectivity index (χ3v) is 3.63. The summed E-state index contributed by atoms with van der Waals surface area (Å²) in [5, 5.41) is 16.5. The van der Waals surface area contributed by atoms with E-state index in [-0.39, 0.29) is 42.9 Å². The number of nitrogens with zero attached hydrogens (tertiary/aromatic N) is 2. The van der Waals surface area contributed by atoms with Gasteiger partial charge in [-0.1, -0.05) is 6.07 Å². The summed E-state index contributed by atoms with van der Waals surface area (Å²) in [5.74, 6) is 0.646. The summed E-state index contributed by atoms with van der Waals surface area (Å²) in [6.07, 6.45) is -1.64. The molecule has 1 atom stereocenters. The van der Waals surface area contributed by atoms with E-state index in [0.29, 0.717) is 23.8 Å². The molecule has 162 valence electrons. The van der Waals surface area contributed by atoms with Gasteiger partial charge in [-0.05, 0) is 32.0 Å². The fourth-order valence-electron chi connectivity index (χ4n) is 2.26. The van der Waals surface area contributed by atoms with Gasteiger partial charge in [0.2, 0.25) is 5.88 Å². The Morgan fingerprint density at radius 2 is 2.03 bits per heavy atom. The maximum atomic E-state index is 12.4. The molecular weight excluding hydrogens is 504 g/mol. The predicted octanol–water partition coefficient (Wildman–Crippen LogP) is 3.20. The smallest absolute Gasteiger partial charge is 0.422 e. The lowest BCUT2D eigenvalue weighted by atomic mass is 10.0. The van der Waals surface area contributed by atoms with E-state index < -0.39 is 18.4 Å². The minimum Gasteiger partial charge on any atom is -0.468 e. The molecule has 0 amide bonds. The van der Waals surface area contributed by atoms with Crippen LogP contribution in [0.15, 0.2) is 46.1 Å². The second-order valence-electron chi connectivity index (χ2n) is 6.17. The average molecular weight is 528 g/mol. The van der Waals surface area contributed by atoms with Crippen LogP contribution in [0.25, 0.3) is 0 Å². The Morgan fingerprint density at radius 3 is 2.66 bits per heavy atom. The van der Waals surface area contributed by atoms with E-state index in [1.54, 1.807) is 31.2 Å². The number of alkyl halides is 3. The second-order valence-corrected chi connectivity index (χ2v) is 6.17. The Balaban J connectivity index is 0.00000420. The third-order valence-electron chi connectivity index (χ3n) is 3.63. The van der Waals surface area contributed by atoms with Gasteiger partial charge >= 0.3 is 6.18 Å². The van der Waals surface area contributed by atoms with Crippen LogP contribution in [0.2, 0.25) is 0 Å². The lowest BCUT2D eigenvalue weighted by molar-refractivity contribution is -0.154. The molecule has 2 aromatic heterocycles. The summed E-state index contributed by atoms with van der Waals surface area (Å²) in [6.45, 7) is 2.73. The molecule has 29 heavy (non-hydrogen) atoms. The molecule has 0 saturated carbocycles. The summed E-state index contributed by atoms with van der Waals surface area (Å²) in [7, 11) is 0. The van der Waals surface area contributed by atoms with E-state index in [0.717, 1.165) is 0 Å². The number of rotatable bonds is 8. The zero-order chi connectivity index (χ0) is 20.6. The first kappa shape index (κ1) is 25.0. The van der Waals surface area contributed by atoms with Crippen LogP contribution in [-0.2, 0) is 12.1 Å². The minimum atomic E-state index is -4.45. The van der Waals surface area contributed by atoms with E-state index in [1.807, 2.05) is 6.92 Å². The van der Waals surface area contributed by atoms with Gasteiger partial charge in [0.1, 0.15) is 11.4 Å². The number of pyridine rings is 1. The molecule has 11 heteroatoms. The van der Waals surface area contributed by atoms with Crippen molar-refractivity contribution in [2.24, 2.45) is 4.99 Å². The quantitative estimate of drug-likeness (QED) is 0.277. The number of ether oxygens (including phenoxy) is 1. The molecule has 2 heterocycles. The average Bonchev–Trinajstić information content (AvgIpc) is 3.18. The molecule has 2 aromatic rings. The molecule has 0 spiro atoms. The fraction of sp³-hybridized carbons (Fsp3) is 0.444. The largest absolute Gasteiger partial charge is 0.468 e. The third kappa shape index (κ3) is 8.48. The van der Waals surface area contributed by atoms with E-state index >= 15 is 0 Å². The monoisotopic (exact) mass is 528 g/mol. The van der Waals surface area contributed by atoms with Gasteiger partial charge in [-0.3, -0.25) is 0 Å². The molecule has 0 saturated heterocycles. The molecule has 7 nitrogen and oxygen atoms in total. The van der Waals surface area contributed by atoms with Crippen molar-refractivity contribution in [1.29, 1.82) is 0 Å². The van der Waals surface area contributed by atoms with Gasteiger partial charge < -0.3 is 24.9 Å². The summed E-state index contributed by atoms with van der Waals surface area (Å²) in [4.78, 5) is 8.16. The van der Waals surface area contributed by atoms with Crippen molar-refractivity contribution in [2.45, 2.75) is 32.2 Å². The molecule has 2 rings (SSSR count). The molecule has 3 N–H and O–H groups in total. The number of nitrogens with one attached hydrogen (secondary N) is 2. The first-order valence-electron chi connectivity index (χ1n) is 8.63. The van der Waals surface area contributed by atoms with Crippen LogP contribution in [-0.4, -0.2) is 41.9 Å². The van der Waals surface area contributed by atoms with Crippen molar-refractivity contribution in [3.63, 3.8) is 0 Å². The van der Waals surface area contributed by atoms with Crippen molar-refractivity contribution >= 4 is 29.9 Å². The number of aromatic nitrogens is 1. The van der Waals surface area contributed by atoms with Gasteiger partial charge in [0.05, 0.1) is 19.4 Å². The summed E-state index contributed by atoms with van der Waals surface area (Å²) < 4.78 is 47.1. The first-order valence-corrected chi connectivity index (χ1v) is 8.63. The molecule has 0 aliphatic carbocycles. The predicted molar refractivity (Wildman–Crippen MR) is 112 cm³/mol. The number of hydrogen-bond donors (Lipinski definition) is 3. The lowest BCUT2D eigenvalue weighted by Crippen LogP contribution is -2.44. The molecule has 0 aromatic carbocycles. The van der Waals surface area contributed by atoms with Gasteiger partial charge in [-0.15, -0.1) is 24.0 Å². The normalized spacial score (nSPS) is 13.9. The number of guanidine groups is 1. The zero-order valence-corrected chi connectivity index (χ0v) is 18.3. The number of halogens is 4. The molecule has 0 aliphatic rings. The van der Waals surface area contributed by atoms with Crippen molar-refractivity contribution in [1.82, 2.24) is 15.6 Å². The highest BCUT2D eigenvalue weighted by molar-refractivity contribution is 14.0. The number of aliphatic imine (C=N–C) groups is 1. The van der Waals surface area contributed by atoms with Crippen LogP contribution in [0.5, 0.6) is 5.88 Å². The van der Waals surface area contributed by atoms with Crippen LogP contribution in [0.3, 0.4) is 0 Å². The Kier molecular flexibility index (Phi) is 9.70. The topological polar surface area (TPSA) is 91.9 Å². The van der Waals surface area contributed by atoms with Crippen LogP contribution in [0.1, 0.15) is 25.2 Å². The number of aliphatic hydroxyl groups is 1. The second kappa shape index (κ2) is 11.2. The highest BCUT2D eigenvalue weighted by atomic mass is 127. The van der Waals surface area contributed by atoms with Crippen molar-refractivity contribution in [3.05, 3.63) is 48.0 Å². The summed E-state index contributed by atoms with van der Waals surface area (Å²) >= 11 is 0. The Bertz CT molecular complexity index is 768. The fourth-order valence-corrected chi connectivity index (χ4v) is 2.26. The SMILES string of the molecule is CCNC(=NCc1cccnc1OCC(F)(F)F)NCC(C)(O)c1ccco1.I. The number of hydrogen-bond acceptors (Lipinski definition) is 5. The van der Waals surface area contributed by atoms with Crippen molar-refractivity contribution in [3.8, 4) is 5.88 Å². The van der Waals surface area contributed by atoms with Crippen molar-refractivity contribution in [2.75, 3.05) is 19.7 Å². The summed E-state index contributed by atoms with van der Waals surface area (Å²) in [5.41, 5.74) is -0.864. The maximum Gasteiger partial charge on any atom is 0.422 e. The van der Waals surface area contributed by atoms with Gasteiger partial charge in [0, 0.05) is 18.3 Å². The lowest BCUT2D eigenvalue weighted by Gasteiger charge is -2.22. The van der Waals surface area contributed by atoms with E-state index in [4.69, 9.17) is 9.15 Å². The minimum absolute atomic E-state index is 0. The Labute approximate surface area is 183 Å². The molecule has 0 bridgehead atoms. The molecular formula is C18H24F3IN4O3. The van der Waals surface area contributed by atoms with Crippen LogP contribution in [0, 0.1) is 0 Å². The van der Waals surface area contributed by atoms with Gasteiger partial charge in [0.25, 0.3) is 0 Å². The van der Waals surface area contributed by atoms with Crippen LogP contribution in [0.4, 0.5) is 13.2 Å². The highest BCUT2D eigenvalue weighted by Gasteiger charge is 2.29. The van der Waals surface area contributed by atoms with Crippen LogP contribution < -0.4 is 15.4 Å². The standard InChI is InChI=1S/C18H23F3N4O3.HI/c1-3-22-16(25-11-17(2,26)14-7-5-9-27-14)24-10-13-6-4-8-23-15(13)28-12-18(19,20)21;/h4-9,26H,3,10-12H2,1-2H3,(H2,22,24,25);1H. The zero-order valence-electron chi connectivity index (χ0n) is 16.0. The molecule has 1 unspecified atom stereocenters. The molecule has 0 aliphatic heterocycles. The van der Waals surface area contributed by atoms with Gasteiger partial charge in [-0.25, -0.2) is 9.98 Å². The Hall–Kier alpha value is -2.02. The van der Waals surface area contributed by atoms with Gasteiger partial charge in [0.15, 0.2) is 12.6 Å². The number of furan rings is 1. The van der Waals surface area contributed by atoms with Crippen molar-refractivity contribution < 1.29 is 27.4 Å². The maximum absolute atomic E-state index is 12.4. The molecule has 0 radical (unpaired) electrons. The molecule has 0 fully saturated rings. The highest BCUT2D eigenvalue weighted by Crippen LogP contribution is 2.21. The summed E-state index contributed by atoms with van der Waals surface area (Å²) in [6, 6.07) is 6.51. The first-order chi connectivity index (χ1) is 13.2. The van der Waals surface area contributed by atoms with E-state index in [2.05, 4.69) is 20.6 Å². The van der Waals surface area contributed by atoms with E-state index in [1.165, 1.54) is 12.5 Å².